The number of aromatic nitrogens is 2. The molecule has 1 N–H and O–H groups in total. The zero-order valence-electron chi connectivity index (χ0n) is 15.7. The number of rotatable bonds is 7. The van der Waals surface area contributed by atoms with Crippen molar-refractivity contribution in [2.24, 2.45) is 0 Å². The van der Waals surface area contributed by atoms with Crippen molar-refractivity contribution in [1.29, 1.82) is 0 Å². The van der Waals surface area contributed by atoms with E-state index in [0.717, 1.165) is 50.8 Å². The van der Waals surface area contributed by atoms with Gasteiger partial charge in [0.2, 0.25) is 0 Å². The number of hydrogen-bond acceptors (Lipinski definition) is 5. The van der Waals surface area contributed by atoms with Crippen molar-refractivity contribution >= 4 is 11.3 Å². The summed E-state index contributed by atoms with van der Waals surface area (Å²) < 4.78 is 7.44. The third-order valence-corrected chi connectivity index (χ3v) is 5.87. The van der Waals surface area contributed by atoms with E-state index in [0.29, 0.717) is 6.04 Å². The monoisotopic (exact) mass is 382 g/mol. The first-order valence-corrected chi connectivity index (χ1v) is 10.4. The van der Waals surface area contributed by atoms with Crippen molar-refractivity contribution < 1.29 is 4.74 Å². The van der Waals surface area contributed by atoms with Crippen LogP contribution in [0.2, 0.25) is 0 Å². The number of thiophene rings is 1. The Kier molecular flexibility index (Phi) is 5.99. The van der Waals surface area contributed by atoms with Crippen molar-refractivity contribution in [3.8, 4) is 16.3 Å². The molecule has 5 nitrogen and oxygen atoms in total. The first-order chi connectivity index (χ1) is 13.3. The fraction of sp³-hybridized carbons (Fsp3) is 0.381. The molecule has 142 valence electrons. The summed E-state index contributed by atoms with van der Waals surface area (Å²) in [5, 5.41) is 10.6. The Morgan fingerprint density at radius 2 is 1.96 bits per heavy atom. The highest BCUT2D eigenvalue weighted by molar-refractivity contribution is 7.13. The molecule has 0 spiro atoms. The maximum Gasteiger partial charge on any atom is 0.107 e. The number of benzene rings is 1. The molecule has 0 aliphatic carbocycles. The highest BCUT2D eigenvalue weighted by Crippen LogP contribution is 2.27. The van der Waals surface area contributed by atoms with Gasteiger partial charge in [-0.3, -0.25) is 4.90 Å². The average Bonchev–Trinajstić information content (AvgIpc) is 3.39. The molecule has 2 aromatic heterocycles. The number of nitrogens with one attached hydrogen (secondary N) is 1. The van der Waals surface area contributed by atoms with Crippen LogP contribution in [0, 0.1) is 0 Å². The number of hydrogen-bond donors (Lipinski definition) is 1. The Hall–Kier alpha value is -1.99. The molecule has 0 radical (unpaired) electrons. The van der Waals surface area contributed by atoms with Crippen LogP contribution in [0.1, 0.15) is 12.5 Å². The number of morpholine rings is 1. The first kappa shape index (κ1) is 18.4. The maximum atomic E-state index is 5.45. The van der Waals surface area contributed by atoms with E-state index >= 15 is 0 Å². The van der Waals surface area contributed by atoms with E-state index in [4.69, 9.17) is 9.84 Å². The zero-order chi connectivity index (χ0) is 18.5. The fourth-order valence-corrected chi connectivity index (χ4v) is 4.18. The van der Waals surface area contributed by atoms with Crippen LogP contribution < -0.4 is 5.32 Å². The lowest BCUT2D eigenvalue weighted by Gasteiger charge is -2.32. The van der Waals surface area contributed by atoms with Gasteiger partial charge in [-0.05, 0) is 30.5 Å². The topological polar surface area (TPSA) is 42.3 Å². The second-order valence-electron chi connectivity index (χ2n) is 6.89. The van der Waals surface area contributed by atoms with Crippen molar-refractivity contribution in [3.05, 3.63) is 59.6 Å². The summed E-state index contributed by atoms with van der Waals surface area (Å²) in [6, 6.07) is 15.0. The third-order valence-electron chi connectivity index (χ3n) is 4.99. The largest absolute Gasteiger partial charge is 0.379 e. The molecule has 1 atom stereocenters. The Bertz CT molecular complexity index is 825. The van der Waals surface area contributed by atoms with E-state index in [2.05, 4.69) is 53.0 Å². The molecule has 0 saturated carbocycles. The summed E-state index contributed by atoms with van der Waals surface area (Å²) >= 11 is 1.74. The summed E-state index contributed by atoms with van der Waals surface area (Å²) in [6.45, 7) is 7.79. The normalized spacial score (nSPS) is 16.5. The van der Waals surface area contributed by atoms with Gasteiger partial charge in [0.1, 0.15) is 5.69 Å². The Balaban J connectivity index is 1.47. The summed E-state index contributed by atoms with van der Waals surface area (Å²) in [4.78, 5) is 3.70. The van der Waals surface area contributed by atoms with Crippen LogP contribution >= 0.6 is 11.3 Å². The minimum atomic E-state index is 0.503. The predicted molar refractivity (Wildman–Crippen MR) is 110 cm³/mol. The standard InChI is InChI=1S/C21H26N4OS/c1-17(24-9-11-26-12-10-24)14-22-15-18-16-25(19-6-3-2-4-7-19)23-21(18)20-8-5-13-27-20/h2-8,13,16-17,22H,9-12,14-15H2,1H3. The minimum absolute atomic E-state index is 0.503. The highest BCUT2D eigenvalue weighted by Gasteiger charge is 2.17. The summed E-state index contributed by atoms with van der Waals surface area (Å²) in [7, 11) is 0. The minimum Gasteiger partial charge on any atom is -0.379 e. The lowest BCUT2D eigenvalue weighted by atomic mass is 10.2. The van der Waals surface area contributed by atoms with E-state index in [1.807, 2.05) is 22.9 Å². The molecule has 3 aromatic rings. The van der Waals surface area contributed by atoms with Gasteiger partial charge in [-0.15, -0.1) is 11.3 Å². The average molecular weight is 383 g/mol. The summed E-state index contributed by atoms with van der Waals surface area (Å²) in [5.41, 5.74) is 3.39. The van der Waals surface area contributed by atoms with Crippen molar-refractivity contribution in [2.75, 3.05) is 32.8 Å². The second kappa shape index (κ2) is 8.80. The fourth-order valence-electron chi connectivity index (χ4n) is 3.44. The van der Waals surface area contributed by atoms with Crippen LogP contribution in [0.25, 0.3) is 16.3 Å². The Morgan fingerprint density at radius 3 is 2.70 bits per heavy atom. The molecule has 0 amide bonds. The van der Waals surface area contributed by atoms with E-state index in [-0.39, 0.29) is 0 Å². The summed E-state index contributed by atoms with van der Waals surface area (Å²) in [6.07, 6.45) is 2.15. The van der Waals surface area contributed by atoms with Crippen LogP contribution in [0.4, 0.5) is 0 Å². The molecule has 1 unspecified atom stereocenters. The molecular weight excluding hydrogens is 356 g/mol. The number of para-hydroxylation sites is 1. The molecular formula is C21H26N4OS. The molecule has 1 fully saturated rings. The van der Waals surface area contributed by atoms with Gasteiger partial charge in [-0.1, -0.05) is 24.3 Å². The molecule has 27 heavy (non-hydrogen) atoms. The van der Waals surface area contributed by atoms with E-state index in [1.165, 1.54) is 10.4 Å². The maximum absolute atomic E-state index is 5.45. The molecule has 0 bridgehead atoms. The van der Waals surface area contributed by atoms with Crippen LogP contribution in [0.3, 0.4) is 0 Å². The Morgan fingerprint density at radius 1 is 1.15 bits per heavy atom. The third kappa shape index (κ3) is 4.47. The van der Waals surface area contributed by atoms with Gasteiger partial charge >= 0.3 is 0 Å². The first-order valence-electron chi connectivity index (χ1n) is 9.51. The van der Waals surface area contributed by atoms with Crippen molar-refractivity contribution in [1.82, 2.24) is 20.0 Å². The number of nitrogens with zero attached hydrogens (tertiary/aromatic N) is 3. The lowest BCUT2D eigenvalue weighted by Crippen LogP contribution is -2.46. The summed E-state index contributed by atoms with van der Waals surface area (Å²) in [5.74, 6) is 0. The molecule has 1 aliphatic rings. The van der Waals surface area contributed by atoms with Crippen LogP contribution in [-0.2, 0) is 11.3 Å². The molecule has 1 aromatic carbocycles. The molecule has 1 saturated heterocycles. The van der Waals surface area contributed by atoms with Gasteiger partial charge in [-0.25, -0.2) is 4.68 Å². The van der Waals surface area contributed by atoms with Gasteiger partial charge in [0.05, 0.1) is 23.8 Å². The SMILES string of the molecule is CC(CNCc1cn(-c2ccccc2)nc1-c1cccs1)N1CCOCC1. The van der Waals surface area contributed by atoms with E-state index < -0.39 is 0 Å². The molecule has 3 heterocycles. The quantitative estimate of drug-likeness (QED) is 0.680. The highest BCUT2D eigenvalue weighted by atomic mass is 32.1. The Labute approximate surface area is 164 Å². The van der Waals surface area contributed by atoms with Crippen molar-refractivity contribution in [3.63, 3.8) is 0 Å². The predicted octanol–water partition coefficient (Wildman–Crippen LogP) is 3.41. The van der Waals surface area contributed by atoms with E-state index in [9.17, 15) is 0 Å². The smallest absolute Gasteiger partial charge is 0.107 e. The molecule has 6 heteroatoms. The van der Waals surface area contributed by atoms with Gasteiger partial charge < -0.3 is 10.1 Å². The lowest BCUT2D eigenvalue weighted by molar-refractivity contribution is 0.0203. The van der Waals surface area contributed by atoms with E-state index in [1.54, 1.807) is 11.3 Å². The zero-order valence-corrected chi connectivity index (χ0v) is 16.5. The van der Waals surface area contributed by atoms with Crippen LogP contribution in [0.15, 0.2) is 54.0 Å². The second-order valence-corrected chi connectivity index (χ2v) is 7.84. The van der Waals surface area contributed by atoms with Gasteiger partial charge in [-0.2, -0.15) is 5.10 Å². The van der Waals surface area contributed by atoms with Crippen molar-refractivity contribution in [2.45, 2.75) is 19.5 Å². The van der Waals surface area contributed by atoms with Gasteiger partial charge in [0, 0.05) is 44.0 Å². The van der Waals surface area contributed by atoms with Crippen LogP contribution in [-0.4, -0.2) is 53.6 Å². The van der Waals surface area contributed by atoms with Gasteiger partial charge in [0.15, 0.2) is 0 Å². The number of ether oxygens (including phenoxy) is 1. The van der Waals surface area contributed by atoms with Gasteiger partial charge in [0.25, 0.3) is 0 Å². The van der Waals surface area contributed by atoms with Crippen LogP contribution in [0.5, 0.6) is 0 Å². The molecule has 4 rings (SSSR count). The molecule has 1 aliphatic heterocycles.